The van der Waals surface area contributed by atoms with Crippen LogP contribution in [0.2, 0.25) is 0 Å². The second kappa shape index (κ2) is 9.19. The van der Waals surface area contributed by atoms with Gasteiger partial charge in [-0.2, -0.15) is 0 Å². The van der Waals surface area contributed by atoms with Crippen molar-refractivity contribution in [3.05, 3.63) is 48.6 Å². The molecule has 2 N–H and O–H groups in total. The Kier molecular flexibility index (Phi) is 6.95. The van der Waals surface area contributed by atoms with Crippen LogP contribution in [0.5, 0.6) is 0 Å². The SMILES string of the molecule is C=CCSc1nnc(NC(=O)C[C@@H](NC(C)=O)c2ccccc2)s1. The summed E-state index contributed by atoms with van der Waals surface area (Å²) in [6, 6.07) is 9.00. The third kappa shape index (κ3) is 5.78. The van der Waals surface area contributed by atoms with Gasteiger partial charge in [0.25, 0.3) is 0 Å². The number of carbonyl (C=O) groups excluding carboxylic acids is 2. The predicted octanol–water partition coefficient (Wildman–Crippen LogP) is 3.02. The van der Waals surface area contributed by atoms with E-state index in [9.17, 15) is 9.59 Å². The Labute approximate surface area is 148 Å². The third-order valence-electron chi connectivity index (χ3n) is 2.95. The number of benzene rings is 1. The van der Waals surface area contributed by atoms with Gasteiger partial charge in [0.05, 0.1) is 12.5 Å². The van der Waals surface area contributed by atoms with E-state index in [0.717, 1.165) is 15.7 Å². The van der Waals surface area contributed by atoms with Crippen LogP contribution in [0.25, 0.3) is 0 Å². The molecule has 0 saturated heterocycles. The van der Waals surface area contributed by atoms with Gasteiger partial charge in [-0.25, -0.2) is 0 Å². The van der Waals surface area contributed by atoms with E-state index >= 15 is 0 Å². The Balaban J connectivity index is 1.98. The standard InChI is InChI=1S/C16H18N4O2S2/c1-3-9-23-16-20-19-15(24-16)18-14(22)10-13(17-11(2)21)12-7-5-4-6-8-12/h3-8,13H,1,9-10H2,2H3,(H,17,21)(H,18,19,22)/t13-/m1/s1. The summed E-state index contributed by atoms with van der Waals surface area (Å²) < 4.78 is 0.770. The molecule has 0 radical (unpaired) electrons. The lowest BCUT2D eigenvalue weighted by Crippen LogP contribution is -2.29. The van der Waals surface area contributed by atoms with Gasteiger partial charge in [0.15, 0.2) is 4.34 Å². The predicted molar refractivity (Wildman–Crippen MR) is 97.1 cm³/mol. The van der Waals surface area contributed by atoms with Crippen LogP contribution < -0.4 is 10.6 Å². The summed E-state index contributed by atoms with van der Waals surface area (Å²) in [6.45, 7) is 5.08. The van der Waals surface area contributed by atoms with Crippen molar-refractivity contribution >= 4 is 40.0 Å². The number of amides is 2. The highest BCUT2D eigenvalue weighted by Crippen LogP contribution is 2.26. The fourth-order valence-corrected chi connectivity index (χ4v) is 3.52. The minimum absolute atomic E-state index is 0.123. The van der Waals surface area contributed by atoms with E-state index in [4.69, 9.17) is 0 Å². The number of nitrogens with zero attached hydrogens (tertiary/aromatic N) is 2. The number of hydrogen-bond acceptors (Lipinski definition) is 6. The average molecular weight is 362 g/mol. The Morgan fingerprint density at radius 1 is 1.33 bits per heavy atom. The molecule has 0 fully saturated rings. The van der Waals surface area contributed by atoms with E-state index in [0.29, 0.717) is 5.13 Å². The van der Waals surface area contributed by atoms with Crippen LogP contribution in [0.3, 0.4) is 0 Å². The molecule has 126 valence electrons. The number of carbonyl (C=O) groups is 2. The molecule has 0 aliphatic heterocycles. The van der Waals surface area contributed by atoms with Crippen LogP contribution in [0.15, 0.2) is 47.3 Å². The average Bonchev–Trinajstić information content (AvgIpc) is 3.00. The Morgan fingerprint density at radius 3 is 2.75 bits per heavy atom. The molecular weight excluding hydrogens is 344 g/mol. The fourth-order valence-electron chi connectivity index (χ4n) is 1.99. The van der Waals surface area contributed by atoms with Crippen LogP contribution in [0.1, 0.15) is 24.9 Å². The smallest absolute Gasteiger partial charge is 0.228 e. The molecular formula is C16H18N4O2S2. The number of rotatable bonds is 8. The largest absolute Gasteiger partial charge is 0.349 e. The van der Waals surface area contributed by atoms with E-state index in [1.54, 1.807) is 6.08 Å². The summed E-state index contributed by atoms with van der Waals surface area (Å²) in [5, 5.41) is 13.9. The van der Waals surface area contributed by atoms with E-state index < -0.39 is 0 Å². The maximum atomic E-state index is 12.3. The number of hydrogen-bond donors (Lipinski definition) is 2. The summed E-state index contributed by atoms with van der Waals surface area (Å²) in [5.41, 5.74) is 0.877. The van der Waals surface area contributed by atoms with Crippen molar-refractivity contribution in [1.29, 1.82) is 0 Å². The lowest BCUT2D eigenvalue weighted by molar-refractivity contribution is -0.120. The Bertz CT molecular complexity index is 703. The zero-order chi connectivity index (χ0) is 17.4. The molecule has 2 amide bonds. The van der Waals surface area contributed by atoms with Crippen LogP contribution in [0.4, 0.5) is 5.13 Å². The molecule has 0 spiro atoms. The number of thioether (sulfide) groups is 1. The molecule has 2 aromatic rings. The first-order valence-corrected chi connectivity index (χ1v) is 9.07. The molecule has 1 atom stereocenters. The van der Waals surface area contributed by atoms with Crippen molar-refractivity contribution in [2.45, 2.75) is 23.7 Å². The summed E-state index contributed by atoms with van der Waals surface area (Å²) in [7, 11) is 0. The van der Waals surface area contributed by atoms with E-state index in [-0.39, 0.29) is 24.3 Å². The van der Waals surface area contributed by atoms with Gasteiger partial charge in [-0.1, -0.05) is 59.5 Å². The molecule has 6 nitrogen and oxygen atoms in total. The zero-order valence-electron chi connectivity index (χ0n) is 13.2. The number of anilines is 1. The lowest BCUT2D eigenvalue weighted by Gasteiger charge is -2.17. The van der Waals surface area contributed by atoms with E-state index in [2.05, 4.69) is 27.4 Å². The molecule has 8 heteroatoms. The molecule has 24 heavy (non-hydrogen) atoms. The van der Waals surface area contributed by atoms with Crippen molar-refractivity contribution in [3.8, 4) is 0 Å². The molecule has 1 aromatic carbocycles. The molecule has 1 aromatic heterocycles. The first-order valence-electron chi connectivity index (χ1n) is 7.27. The lowest BCUT2D eigenvalue weighted by atomic mass is 10.0. The van der Waals surface area contributed by atoms with E-state index in [1.807, 2.05) is 30.3 Å². The van der Waals surface area contributed by atoms with Gasteiger partial charge in [-0.3, -0.25) is 9.59 Å². The van der Waals surface area contributed by atoms with Gasteiger partial charge in [-0.05, 0) is 5.56 Å². The van der Waals surface area contributed by atoms with Crippen molar-refractivity contribution in [3.63, 3.8) is 0 Å². The normalized spacial score (nSPS) is 11.5. The van der Waals surface area contributed by atoms with Crippen molar-refractivity contribution in [2.75, 3.05) is 11.1 Å². The quantitative estimate of drug-likeness (QED) is 0.428. The summed E-state index contributed by atoms with van der Waals surface area (Å²) in [5.74, 6) is 0.325. The molecule has 0 unspecified atom stereocenters. The molecule has 0 aliphatic carbocycles. The maximum absolute atomic E-state index is 12.3. The maximum Gasteiger partial charge on any atom is 0.228 e. The minimum Gasteiger partial charge on any atom is -0.349 e. The van der Waals surface area contributed by atoms with Crippen molar-refractivity contribution in [2.24, 2.45) is 0 Å². The first-order chi connectivity index (χ1) is 11.6. The van der Waals surface area contributed by atoms with E-state index in [1.165, 1.54) is 30.0 Å². The number of nitrogens with one attached hydrogen (secondary N) is 2. The monoisotopic (exact) mass is 362 g/mol. The van der Waals surface area contributed by atoms with Gasteiger partial charge >= 0.3 is 0 Å². The molecule has 1 heterocycles. The second-order valence-corrected chi connectivity index (χ2v) is 7.13. The van der Waals surface area contributed by atoms with Gasteiger partial charge in [0.2, 0.25) is 16.9 Å². The highest BCUT2D eigenvalue weighted by Gasteiger charge is 2.18. The summed E-state index contributed by atoms with van der Waals surface area (Å²) in [6.07, 6.45) is 1.90. The first kappa shape index (κ1) is 18.2. The van der Waals surface area contributed by atoms with Gasteiger partial charge < -0.3 is 10.6 Å². The molecule has 0 bridgehead atoms. The van der Waals surface area contributed by atoms with Crippen LogP contribution in [0, 0.1) is 0 Å². The Morgan fingerprint density at radius 2 is 2.08 bits per heavy atom. The topological polar surface area (TPSA) is 84.0 Å². The highest BCUT2D eigenvalue weighted by atomic mass is 32.2. The minimum atomic E-state index is -0.383. The molecule has 0 saturated carbocycles. The van der Waals surface area contributed by atoms with Gasteiger partial charge in [-0.15, -0.1) is 16.8 Å². The second-order valence-electron chi connectivity index (χ2n) is 4.89. The van der Waals surface area contributed by atoms with Crippen molar-refractivity contribution in [1.82, 2.24) is 15.5 Å². The zero-order valence-corrected chi connectivity index (χ0v) is 14.8. The highest BCUT2D eigenvalue weighted by molar-refractivity contribution is 8.01. The van der Waals surface area contributed by atoms with Crippen molar-refractivity contribution < 1.29 is 9.59 Å². The molecule has 2 rings (SSSR count). The molecule has 0 aliphatic rings. The third-order valence-corrected chi connectivity index (χ3v) is 4.91. The summed E-state index contributed by atoms with van der Waals surface area (Å²) >= 11 is 2.82. The van der Waals surface area contributed by atoms with Gasteiger partial charge in [0, 0.05) is 12.7 Å². The van der Waals surface area contributed by atoms with Crippen LogP contribution in [-0.4, -0.2) is 27.8 Å². The van der Waals surface area contributed by atoms with Gasteiger partial charge in [0.1, 0.15) is 0 Å². The fraction of sp³-hybridized carbons (Fsp3) is 0.250. The number of aromatic nitrogens is 2. The summed E-state index contributed by atoms with van der Waals surface area (Å²) in [4.78, 5) is 23.7. The van der Waals surface area contributed by atoms with Crippen LogP contribution in [-0.2, 0) is 9.59 Å². The van der Waals surface area contributed by atoms with Crippen LogP contribution >= 0.6 is 23.1 Å². The Hall–Kier alpha value is -2.19.